The number of hydrogen-bond donors (Lipinski definition) is 1. The molecule has 0 fully saturated rings. The maximum absolute atomic E-state index is 4.82. The van der Waals surface area contributed by atoms with Crippen LogP contribution in [0.1, 0.15) is 56.4 Å². The van der Waals surface area contributed by atoms with Crippen molar-refractivity contribution in [1.29, 1.82) is 0 Å². The van der Waals surface area contributed by atoms with Crippen molar-refractivity contribution in [3.63, 3.8) is 0 Å². The topological polar surface area (TPSA) is 37.8 Å². The van der Waals surface area contributed by atoms with Gasteiger partial charge in [0.2, 0.25) is 0 Å². The summed E-state index contributed by atoms with van der Waals surface area (Å²) >= 11 is 3.63. The van der Waals surface area contributed by atoms with Crippen molar-refractivity contribution in [2.75, 3.05) is 17.6 Å². The molecule has 0 saturated carbocycles. The van der Waals surface area contributed by atoms with E-state index in [0.717, 1.165) is 23.3 Å². The number of thiophene rings is 1. The molecular weight excluding hydrogens is 310 g/mol. The molecule has 0 aliphatic heterocycles. The monoisotopic (exact) mass is 335 g/mol. The first kappa shape index (κ1) is 16.1. The van der Waals surface area contributed by atoms with E-state index in [9.17, 15) is 0 Å². The third kappa shape index (κ3) is 3.40. The molecule has 3 nitrogen and oxygen atoms in total. The van der Waals surface area contributed by atoms with E-state index in [1.165, 1.54) is 60.7 Å². The molecule has 120 valence electrons. The van der Waals surface area contributed by atoms with Crippen LogP contribution in [-0.2, 0) is 12.8 Å². The van der Waals surface area contributed by atoms with Gasteiger partial charge in [-0.1, -0.05) is 38.5 Å². The molecule has 0 unspecified atom stereocenters. The molecule has 0 bridgehead atoms. The Bertz CT molecular complexity index is 636. The van der Waals surface area contributed by atoms with Crippen LogP contribution in [0.15, 0.2) is 5.16 Å². The number of rotatable bonds is 7. The molecule has 0 atom stereocenters. The van der Waals surface area contributed by atoms with Gasteiger partial charge in [-0.05, 0) is 43.4 Å². The van der Waals surface area contributed by atoms with Crippen LogP contribution in [-0.4, -0.2) is 22.3 Å². The molecule has 2 heterocycles. The first-order valence-corrected chi connectivity index (χ1v) is 10.3. The van der Waals surface area contributed by atoms with Gasteiger partial charge in [-0.2, -0.15) is 0 Å². The average Bonchev–Trinajstić information content (AvgIpc) is 2.90. The molecule has 1 N–H and O–H groups in total. The van der Waals surface area contributed by atoms with Crippen LogP contribution in [0, 0.1) is 0 Å². The molecule has 0 amide bonds. The number of anilines is 1. The van der Waals surface area contributed by atoms with Gasteiger partial charge >= 0.3 is 0 Å². The molecule has 0 aromatic carbocycles. The van der Waals surface area contributed by atoms with Crippen LogP contribution in [0.5, 0.6) is 0 Å². The van der Waals surface area contributed by atoms with E-state index in [2.05, 4.69) is 19.2 Å². The van der Waals surface area contributed by atoms with Crippen molar-refractivity contribution in [1.82, 2.24) is 9.97 Å². The second kappa shape index (κ2) is 7.64. The van der Waals surface area contributed by atoms with Crippen molar-refractivity contribution in [3.05, 3.63) is 10.4 Å². The van der Waals surface area contributed by atoms with Crippen molar-refractivity contribution in [3.8, 4) is 0 Å². The Morgan fingerprint density at radius 3 is 2.82 bits per heavy atom. The standard InChI is InChI=1S/C17H25N3S2/c1-3-5-8-11-18-15-14-12-9-6-7-10-13(12)22-16(14)20-17(19-15)21-4-2/h3-11H2,1-2H3,(H,18,19,20). The fourth-order valence-corrected chi connectivity index (χ4v) is 4.93. The lowest BCUT2D eigenvalue weighted by atomic mass is 9.97. The second-order valence-corrected chi connectivity index (χ2v) is 8.13. The van der Waals surface area contributed by atoms with Crippen molar-refractivity contribution in [2.45, 2.75) is 63.9 Å². The lowest BCUT2D eigenvalue weighted by molar-refractivity contribution is 0.700. The summed E-state index contributed by atoms with van der Waals surface area (Å²) < 4.78 is 0. The number of unbranched alkanes of at least 4 members (excludes halogenated alkanes) is 2. The van der Waals surface area contributed by atoms with Gasteiger partial charge in [0.1, 0.15) is 10.6 Å². The number of aromatic nitrogens is 2. The number of thioether (sulfide) groups is 1. The molecule has 0 saturated heterocycles. The zero-order chi connectivity index (χ0) is 15.4. The maximum atomic E-state index is 4.82. The lowest BCUT2D eigenvalue weighted by Gasteiger charge is -2.13. The van der Waals surface area contributed by atoms with E-state index in [4.69, 9.17) is 9.97 Å². The predicted molar refractivity (Wildman–Crippen MR) is 98.5 cm³/mol. The minimum Gasteiger partial charge on any atom is -0.369 e. The molecule has 5 heteroatoms. The number of hydrogen-bond acceptors (Lipinski definition) is 5. The highest BCUT2D eigenvalue weighted by Gasteiger charge is 2.21. The average molecular weight is 336 g/mol. The van der Waals surface area contributed by atoms with E-state index < -0.39 is 0 Å². The van der Waals surface area contributed by atoms with Gasteiger partial charge < -0.3 is 5.32 Å². The first-order valence-electron chi connectivity index (χ1n) is 8.52. The van der Waals surface area contributed by atoms with Gasteiger partial charge in [-0.25, -0.2) is 9.97 Å². The van der Waals surface area contributed by atoms with Crippen LogP contribution in [0.3, 0.4) is 0 Å². The third-order valence-electron chi connectivity index (χ3n) is 4.14. The molecule has 2 aromatic heterocycles. The highest BCUT2D eigenvalue weighted by atomic mass is 32.2. The second-order valence-electron chi connectivity index (χ2n) is 5.81. The Balaban J connectivity index is 1.95. The summed E-state index contributed by atoms with van der Waals surface area (Å²) in [5, 5.41) is 5.84. The fourth-order valence-electron chi connectivity index (χ4n) is 3.04. The molecule has 1 aliphatic carbocycles. The molecule has 0 radical (unpaired) electrons. The van der Waals surface area contributed by atoms with E-state index >= 15 is 0 Å². The predicted octanol–water partition coefficient (Wildman–Crippen LogP) is 5.28. The van der Waals surface area contributed by atoms with Crippen LogP contribution in [0.4, 0.5) is 5.82 Å². The summed E-state index contributed by atoms with van der Waals surface area (Å²) in [4.78, 5) is 12.4. The summed E-state index contributed by atoms with van der Waals surface area (Å²) in [5.74, 6) is 2.10. The normalized spacial score (nSPS) is 14.3. The third-order valence-corrected chi connectivity index (χ3v) is 6.06. The van der Waals surface area contributed by atoms with Gasteiger partial charge in [-0.15, -0.1) is 11.3 Å². The molecular formula is C17H25N3S2. The van der Waals surface area contributed by atoms with Gasteiger partial charge in [0, 0.05) is 11.4 Å². The lowest BCUT2D eigenvalue weighted by Crippen LogP contribution is -2.06. The summed E-state index contributed by atoms with van der Waals surface area (Å²) in [6.07, 6.45) is 8.79. The van der Waals surface area contributed by atoms with Crippen molar-refractivity contribution >= 4 is 39.1 Å². The Labute approximate surface area is 141 Å². The van der Waals surface area contributed by atoms with Gasteiger partial charge in [-0.3, -0.25) is 0 Å². The largest absolute Gasteiger partial charge is 0.369 e. The van der Waals surface area contributed by atoms with E-state index in [-0.39, 0.29) is 0 Å². The zero-order valence-electron chi connectivity index (χ0n) is 13.6. The number of nitrogens with zero attached hydrogens (tertiary/aromatic N) is 2. The molecule has 2 aromatic rings. The van der Waals surface area contributed by atoms with Gasteiger partial charge in [0.15, 0.2) is 5.16 Å². The van der Waals surface area contributed by atoms with E-state index in [1.54, 1.807) is 16.6 Å². The Hall–Kier alpha value is -0.810. The van der Waals surface area contributed by atoms with E-state index in [1.807, 2.05) is 11.3 Å². The minimum atomic E-state index is 0.923. The first-order chi connectivity index (χ1) is 10.8. The van der Waals surface area contributed by atoms with Gasteiger partial charge in [0.05, 0.1) is 5.39 Å². The fraction of sp³-hybridized carbons (Fsp3) is 0.647. The number of nitrogens with one attached hydrogen (secondary N) is 1. The number of aryl methyl sites for hydroxylation is 2. The van der Waals surface area contributed by atoms with E-state index in [0.29, 0.717) is 0 Å². The van der Waals surface area contributed by atoms with Crippen LogP contribution < -0.4 is 5.32 Å². The van der Waals surface area contributed by atoms with Gasteiger partial charge in [0.25, 0.3) is 0 Å². The SMILES string of the molecule is CCCCCNc1nc(SCC)nc2sc3c(c12)CCCC3. The molecule has 0 spiro atoms. The van der Waals surface area contributed by atoms with Crippen molar-refractivity contribution < 1.29 is 0 Å². The minimum absolute atomic E-state index is 0.923. The molecule has 1 aliphatic rings. The summed E-state index contributed by atoms with van der Waals surface area (Å²) in [7, 11) is 0. The molecule has 3 rings (SSSR count). The highest BCUT2D eigenvalue weighted by molar-refractivity contribution is 7.99. The Kier molecular flexibility index (Phi) is 5.58. The number of fused-ring (bicyclic) bond motifs is 3. The van der Waals surface area contributed by atoms with Crippen LogP contribution in [0.2, 0.25) is 0 Å². The zero-order valence-corrected chi connectivity index (χ0v) is 15.2. The summed E-state index contributed by atoms with van der Waals surface area (Å²) in [5.41, 5.74) is 1.53. The van der Waals surface area contributed by atoms with Crippen LogP contribution >= 0.6 is 23.1 Å². The highest BCUT2D eigenvalue weighted by Crippen LogP contribution is 2.39. The smallest absolute Gasteiger partial charge is 0.190 e. The maximum Gasteiger partial charge on any atom is 0.190 e. The molecule has 22 heavy (non-hydrogen) atoms. The summed E-state index contributed by atoms with van der Waals surface area (Å²) in [6.45, 7) is 5.42. The van der Waals surface area contributed by atoms with Crippen molar-refractivity contribution in [2.24, 2.45) is 0 Å². The quantitative estimate of drug-likeness (QED) is 0.424. The Morgan fingerprint density at radius 2 is 2.00 bits per heavy atom. The Morgan fingerprint density at radius 1 is 1.14 bits per heavy atom. The van der Waals surface area contributed by atoms with Crippen LogP contribution in [0.25, 0.3) is 10.2 Å². The summed E-state index contributed by atoms with van der Waals surface area (Å²) in [6, 6.07) is 0.